The van der Waals surface area contributed by atoms with E-state index in [1.807, 2.05) is 12.1 Å². The highest BCUT2D eigenvalue weighted by Crippen LogP contribution is 2.33. The van der Waals surface area contributed by atoms with Gasteiger partial charge in [-0.25, -0.2) is 0 Å². The van der Waals surface area contributed by atoms with Crippen LogP contribution in [0.3, 0.4) is 0 Å². The lowest BCUT2D eigenvalue weighted by atomic mass is 9.84. The maximum Gasteiger partial charge on any atom is 0.269 e. The quantitative estimate of drug-likeness (QED) is 0.576. The van der Waals surface area contributed by atoms with Gasteiger partial charge in [-0.3, -0.25) is 14.9 Å². The number of hydrogen-bond donors (Lipinski definition) is 1. The number of rotatable bonds is 6. The van der Waals surface area contributed by atoms with Crippen LogP contribution in [0.25, 0.3) is 0 Å². The number of hydrogen-bond acceptors (Lipinski definition) is 4. The molecule has 0 radical (unpaired) electrons. The summed E-state index contributed by atoms with van der Waals surface area (Å²) >= 11 is 0. The molecular weight excluding hydrogens is 344 g/mol. The standard InChI is InChI=1S/C21H24N2O4/c1-15-13-18(23(25)26)9-12-20(15)22-21(24)14-27-19-10-7-17(8-11-19)16-5-3-2-4-6-16/h7-13,16H,2-6,14H2,1H3,(H,22,24). The van der Waals surface area contributed by atoms with Crippen LogP contribution in [0, 0.1) is 17.0 Å². The van der Waals surface area contributed by atoms with Gasteiger partial charge in [0, 0.05) is 17.8 Å². The molecule has 0 heterocycles. The van der Waals surface area contributed by atoms with Gasteiger partial charge in [-0.15, -0.1) is 0 Å². The van der Waals surface area contributed by atoms with Gasteiger partial charge in [0.25, 0.3) is 11.6 Å². The zero-order valence-electron chi connectivity index (χ0n) is 15.4. The summed E-state index contributed by atoms with van der Waals surface area (Å²) in [6.07, 6.45) is 6.42. The molecule has 0 saturated heterocycles. The molecule has 1 saturated carbocycles. The Kier molecular flexibility index (Phi) is 6.06. The highest BCUT2D eigenvalue weighted by atomic mass is 16.6. The Labute approximate surface area is 158 Å². The van der Waals surface area contributed by atoms with E-state index >= 15 is 0 Å². The van der Waals surface area contributed by atoms with Crippen molar-refractivity contribution in [3.63, 3.8) is 0 Å². The molecule has 27 heavy (non-hydrogen) atoms. The fourth-order valence-corrected chi connectivity index (χ4v) is 3.51. The SMILES string of the molecule is Cc1cc([N+](=O)[O-])ccc1NC(=O)COc1ccc(C2CCCCC2)cc1. The summed E-state index contributed by atoms with van der Waals surface area (Å²) in [7, 11) is 0. The van der Waals surface area contributed by atoms with Gasteiger partial charge in [-0.05, 0) is 55.0 Å². The van der Waals surface area contributed by atoms with Crippen LogP contribution >= 0.6 is 0 Å². The number of benzene rings is 2. The van der Waals surface area contributed by atoms with Gasteiger partial charge in [0.2, 0.25) is 0 Å². The fourth-order valence-electron chi connectivity index (χ4n) is 3.51. The first-order chi connectivity index (χ1) is 13.0. The molecule has 0 atom stereocenters. The van der Waals surface area contributed by atoms with E-state index in [1.165, 1.54) is 55.9 Å². The third kappa shape index (κ3) is 5.06. The molecule has 1 aliphatic carbocycles. The Balaban J connectivity index is 1.52. The zero-order valence-corrected chi connectivity index (χ0v) is 15.4. The molecule has 6 heteroatoms. The van der Waals surface area contributed by atoms with E-state index < -0.39 is 4.92 Å². The molecule has 0 aromatic heterocycles. The molecule has 142 valence electrons. The molecule has 3 rings (SSSR count). The summed E-state index contributed by atoms with van der Waals surface area (Å²) in [5.74, 6) is 0.995. The number of nitrogens with one attached hydrogen (secondary N) is 1. The summed E-state index contributed by atoms with van der Waals surface area (Å²) in [4.78, 5) is 22.4. The number of ether oxygens (including phenoxy) is 1. The predicted molar refractivity (Wildman–Crippen MR) is 104 cm³/mol. The summed E-state index contributed by atoms with van der Waals surface area (Å²) in [6, 6.07) is 12.3. The van der Waals surface area contributed by atoms with Crippen LogP contribution in [0.5, 0.6) is 5.75 Å². The predicted octanol–water partition coefficient (Wildman–Crippen LogP) is 4.97. The topological polar surface area (TPSA) is 81.5 Å². The van der Waals surface area contributed by atoms with Gasteiger partial charge in [0.05, 0.1) is 4.92 Å². The van der Waals surface area contributed by atoms with Crippen LogP contribution < -0.4 is 10.1 Å². The van der Waals surface area contributed by atoms with Gasteiger partial charge in [-0.2, -0.15) is 0 Å². The minimum atomic E-state index is -0.460. The summed E-state index contributed by atoms with van der Waals surface area (Å²) in [5, 5.41) is 13.5. The zero-order chi connectivity index (χ0) is 19.2. The molecule has 1 fully saturated rings. The molecule has 6 nitrogen and oxygen atoms in total. The van der Waals surface area contributed by atoms with Gasteiger partial charge >= 0.3 is 0 Å². The lowest BCUT2D eigenvalue weighted by Gasteiger charge is -2.22. The minimum absolute atomic E-state index is 0.000181. The van der Waals surface area contributed by atoms with Crippen LogP contribution in [0.2, 0.25) is 0 Å². The van der Waals surface area contributed by atoms with E-state index in [0.717, 1.165) is 0 Å². The van der Waals surface area contributed by atoms with Crippen molar-refractivity contribution >= 4 is 17.3 Å². The first-order valence-electron chi connectivity index (χ1n) is 9.30. The van der Waals surface area contributed by atoms with Crippen molar-refractivity contribution in [1.29, 1.82) is 0 Å². The van der Waals surface area contributed by atoms with Crippen molar-refractivity contribution < 1.29 is 14.5 Å². The number of anilines is 1. The second-order valence-electron chi connectivity index (χ2n) is 7.00. The fraction of sp³-hybridized carbons (Fsp3) is 0.381. The van der Waals surface area contributed by atoms with E-state index in [0.29, 0.717) is 22.9 Å². The monoisotopic (exact) mass is 368 g/mol. The Morgan fingerprint density at radius 2 is 1.85 bits per heavy atom. The van der Waals surface area contributed by atoms with Crippen molar-refractivity contribution in [3.8, 4) is 5.75 Å². The first kappa shape index (κ1) is 18.9. The number of nitro groups is 1. The van der Waals surface area contributed by atoms with Crippen molar-refractivity contribution in [2.45, 2.75) is 44.9 Å². The number of aryl methyl sites for hydroxylation is 1. The minimum Gasteiger partial charge on any atom is -0.484 e. The highest BCUT2D eigenvalue weighted by Gasteiger charge is 2.15. The number of carbonyl (C=O) groups is 1. The second-order valence-corrected chi connectivity index (χ2v) is 7.00. The van der Waals surface area contributed by atoms with Crippen molar-refractivity contribution in [2.75, 3.05) is 11.9 Å². The van der Waals surface area contributed by atoms with E-state index in [1.54, 1.807) is 6.92 Å². The highest BCUT2D eigenvalue weighted by molar-refractivity contribution is 5.92. The molecule has 2 aromatic carbocycles. The molecule has 1 aliphatic rings. The number of nitrogens with zero attached hydrogens (tertiary/aromatic N) is 1. The van der Waals surface area contributed by atoms with E-state index in [9.17, 15) is 14.9 Å². The maximum atomic E-state index is 12.1. The summed E-state index contributed by atoms with van der Waals surface area (Å²) in [5.41, 5.74) is 2.52. The first-order valence-corrected chi connectivity index (χ1v) is 9.30. The molecule has 1 amide bonds. The molecule has 1 N–H and O–H groups in total. The second kappa shape index (κ2) is 8.66. The van der Waals surface area contributed by atoms with Crippen molar-refractivity contribution in [3.05, 3.63) is 63.7 Å². The number of nitro benzene ring substituents is 1. The molecule has 0 aliphatic heterocycles. The third-order valence-corrected chi connectivity index (χ3v) is 5.02. The largest absolute Gasteiger partial charge is 0.484 e. The Bertz CT molecular complexity index is 811. The number of non-ortho nitro benzene ring substituents is 1. The van der Waals surface area contributed by atoms with Crippen LogP contribution in [0.1, 0.15) is 49.1 Å². The van der Waals surface area contributed by atoms with Gasteiger partial charge in [-0.1, -0.05) is 31.4 Å². The van der Waals surface area contributed by atoms with Crippen LogP contribution in [0.4, 0.5) is 11.4 Å². The van der Waals surface area contributed by atoms with Crippen LogP contribution in [0.15, 0.2) is 42.5 Å². The average molecular weight is 368 g/mol. The van der Waals surface area contributed by atoms with E-state index in [4.69, 9.17) is 4.74 Å². The molecule has 0 spiro atoms. The normalized spacial score (nSPS) is 14.6. The third-order valence-electron chi connectivity index (χ3n) is 5.02. The van der Waals surface area contributed by atoms with Gasteiger partial charge < -0.3 is 10.1 Å². The number of amides is 1. The van der Waals surface area contributed by atoms with E-state index in [-0.39, 0.29) is 18.2 Å². The van der Waals surface area contributed by atoms with Gasteiger partial charge in [0.15, 0.2) is 6.61 Å². The lowest BCUT2D eigenvalue weighted by molar-refractivity contribution is -0.384. The number of carbonyl (C=O) groups excluding carboxylic acids is 1. The Hall–Kier alpha value is -2.89. The van der Waals surface area contributed by atoms with Crippen molar-refractivity contribution in [2.24, 2.45) is 0 Å². The lowest BCUT2D eigenvalue weighted by Crippen LogP contribution is -2.20. The smallest absolute Gasteiger partial charge is 0.269 e. The van der Waals surface area contributed by atoms with Crippen LogP contribution in [-0.4, -0.2) is 17.4 Å². The van der Waals surface area contributed by atoms with Gasteiger partial charge in [0.1, 0.15) is 5.75 Å². The molecular formula is C21H24N2O4. The van der Waals surface area contributed by atoms with Crippen molar-refractivity contribution in [1.82, 2.24) is 0 Å². The van der Waals surface area contributed by atoms with Crippen LogP contribution in [-0.2, 0) is 4.79 Å². The molecule has 2 aromatic rings. The average Bonchev–Trinajstić information content (AvgIpc) is 2.69. The Morgan fingerprint density at radius 3 is 2.48 bits per heavy atom. The maximum absolute atomic E-state index is 12.1. The summed E-state index contributed by atoms with van der Waals surface area (Å²) in [6.45, 7) is 1.60. The summed E-state index contributed by atoms with van der Waals surface area (Å²) < 4.78 is 5.56. The van der Waals surface area contributed by atoms with E-state index in [2.05, 4.69) is 17.4 Å². The Morgan fingerprint density at radius 1 is 1.15 bits per heavy atom. The molecule has 0 bridgehead atoms. The molecule has 0 unspecified atom stereocenters.